The largest absolute Gasteiger partial charge is 1.00 e. The van der Waals surface area contributed by atoms with Crippen LogP contribution in [0, 0.1) is 0 Å². The van der Waals surface area contributed by atoms with Crippen LogP contribution in [0.4, 0.5) is 0 Å². The van der Waals surface area contributed by atoms with E-state index in [-0.39, 0.29) is 19.0 Å². The Morgan fingerprint density at radius 1 is 0.786 bits per heavy atom. The van der Waals surface area contributed by atoms with Crippen LogP contribution in [-0.2, 0) is 21.1 Å². The van der Waals surface area contributed by atoms with Crippen LogP contribution in [0.1, 0.15) is 90.5 Å². The lowest BCUT2D eigenvalue weighted by Gasteiger charge is -2.29. The first kappa shape index (κ1) is 42.7. The van der Waals surface area contributed by atoms with Gasteiger partial charge in [-0.25, -0.2) is 8.42 Å². The summed E-state index contributed by atoms with van der Waals surface area (Å²) in [6, 6.07) is 15.1. The van der Waals surface area contributed by atoms with Crippen molar-refractivity contribution >= 4 is 21.2 Å². The van der Waals surface area contributed by atoms with Gasteiger partial charge in [0, 0.05) is 5.56 Å². The normalized spacial score (nSPS) is 11.5. The van der Waals surface area contributed by atoms with E-state index in [1.807, 2.05) is 6.08 Å². The zero-order valence-electron chi connectivity index (χ0n) is 27.7. The molecule has 0 saturated carbocycles. The highest BCUT2D eigenvalue weighted by Crippen LogP contribution is 2.21. The highest BCUT2D eigenvalue weighted by atomic mass is 35.5. The molecule has 0 atom stereocenters. The van der Waals surface area contributed by atoms with E-state index >= 15 is 0 Å². The van der Waals surface area contributed by atoms with Crippen LogP contribution in [0.25, 0.3) is 10.8 Å². The van der Waals surface area contributed by atoms with Crippen molar-refractivity contribution < 1.29 is 38.5 Å². The minimum Gasteiger partial charge on any atom is -1.00 e. The molecule has 0 aliphatic heterocycles. The van der Waals surface area contributed by atoms with Gasteiger partial charge in [-0.2, -0.15) is 0 Å². The summed E-state index contributed by atoms with van der Waals surface area (Å²) in [5.74, 6) is 0. The Morgan fingerprint density at radius 2 is 1.31 bits per heavy atom. The lowest BCUT2D eigenvalue weighted by atomic mass is 10.0. The zero-order chi connectivity index (χ0) is 31.2. The number of halogens is 1. The van der Waals surface area contributed by atoms with Crippen molar-refractivity contribution in [3.8, 4) is 0 Å². The molecule has 2 aromatic carbocycles. The first-order valence-electron chi connectivity index (χ1n) is 15.6. The van der Waals surface area contributed by atoms with Crippen LogP contribution in [0.5, 0.6) is 0 Å². The number of rotatable bonds is 18. The smallest absolute Gasteiger partial charge is 0.217 e. The van der Waals surface area contributed by atoms with Gasteiger partial charge < -0.3 is 25.9 Å². The molecule has 244 valence electrons. The number of hydrogen-bond acceptors (Lipinski definition) is 4. The molecule has 2 aromatic rings. The van der Waals surface area contributed by atoms with Crippen molar-refractivity contribution in [2.45, 2.75) is 91.5 Å². The summed E-state index contributed by atoms with van der Waals surface area (Å²) in [5, 5.41) is 2.69. The van der Waals surface area contributed by atoms with E-state index in [0.717, 1.165) is 17.6 Å². The van der Waals surface area contributed by atoms with Gasteiger partial charge in [-0.1, -0.05) is 107 Å². The molecule has 0 saturated heterocycles. The predicted molar refractivity (Wildman–Crippen MR) is 176 cm³/mol. The van der Waals surface area contributed by atoms with E-state index in [4.69, 9.17) is 0 Å². The Morgan fingerprint density at radius 3 is 1.79 bits per heavy atom. The van der Waals surface area contributed by atoms with E-state index in [1.165, 1.54) is 105 Å². The molecule has 0 amide bonds. The molecular weight excluding hydrogens is 568 g/mol. The number of benzene rings is 2. The van der Waals surface area contributed by atoms with Gasteiger partial charge in [0.25, 0.3) is 0 Å². The van der Waals surface area contributed by atoms with Gasteiger partial charge in [-0.15, -0.1) is 0 Å². The van der Waals surface area contributed by atoms with Crippen molar-refractivity contribution in [2.75, 3.05) is 54.4 Å². The SMILES string of the molecule is C=CC[N+](C)(C)Cc1cccc2ccccc12.CCCCCCCCCCCC[N+](C)(C)CC.CCOS(=O)(=O)[O-].[Cl-]. The molecular formula is C34H61ClN2O4S. The van der Waals surface area contributed by atoms with E-state index in [9.17, 15) is 13.0 Å². The first-order chi connectivity index (χ1) is 19.3. The zero-order valence-corrected chi connectivity index (χ0v) is 29.3. The van der Waals surface area contributed by atoms with Crippen LogP contribution in [0.2, 0.25) is 0 Å². The average Bonchev–Trinajstić information content (AvgIpc) is 2.90. The van der Waals surface area contributed by atoms with E-state index in [0.29, 0.717) is 0 Å². The van der Waals surface area contributed by atoms with E-state index in [1.54, 1.807) is 0 Å². The van der Waals surface area contributed by atoms with Crippen molar-refractivity contribution in [1.82, 2.24) is 0 Å². The van der Waals surface area contributed by atoms with E-state index in [2.05, 4.69) is 95.3 Å². The molecule has 0 aliphatic rings. The molecule has 0 radical (unpaired) electrons. The number of hydrogen-bond donors (Lipinski definition) is 0. The number of fused-ring (bicyclic) bond motifs is 1. The molecule has 0 N–H and O–H groups in total. The molecule has 0 fully saturated rings. The van der Waals surface area contributed by atoms with Crippen LogP contribution < -0.4 is 12.4 Å². The van der Waals surface area contributed by atoms with Gasteiger partial charge in [-0.3, -0.25) is 4.18 Å². The minimum absolute atomic E-state index is 0. The Hall–Kier alpha value is -1.48. The van der Waals surface area contributed by atoms with Gasteiger partial charge in [0.2, 0.25) is 10.4 Å². The molecule has 8 heteroatoms. The predicted octanol–water partition coefficient (Wildman–Crippen LogP) is 5.09. The van der Waals surface area contributed by atoms with Crippen molar-refractivity contribution in [1.29, 1.82) is 0 Å². The Labute approximate surface area is 265 Å². The third-order valence-corrected chi connectivity index (χ3v) is 7.86. The summed E-state index contributed by atoms with van der Waals surface area (Å²) in [4.78, 5) is 0. The summed E-state index contributed by atoms with van der Waals surface area (Å²) in [7, 11) is 4.74. The third-order valence-electron chi connectivity index (χ3n) is 7.34. The quantitative estimate of drug-likeness (QED) is 0.0758. The van der Waals surface area contributed by atoms with Crippen molar-refractivity contribution in [3.63, 3.8) is 0 Å². The summed E-state index contributed by atoms with van der Waals surface area (Å²) in [6.45, 7) is 14.4. The summed E-state index contributed by atoms with van der Waals surface area (Å²) < 4.78 is 34.1. The molecule has 0 spiro atoms. The third kappa shape index (κ3) is 23.0. The number of likely N-dealkylation sites (N-methyl/N-ethyl adjacent to an activating group) is 1. The maximum absolute atomic E-state index is 9.45. The molecule has 0 aromatic heterocycles. The standard InChI is InChI=1S/C16H20N.C16H36N.C2H6O4S.ClH/c1-4-12-17(2,3)13-15-10-7-9-14-8-5-6-11-16(14)15;1-5-7-8-9-10-11-12-13-14-15-16-17(3,4)6-2;1-2-6-7(3,4)5;/h4-11H,1,12-13H2,2-3H3;5-16H2,1-4H3;2H2,1H3,(H,3,4,5);1H/q2*+1;;/p-2. The molecule has 0 aliphatic carbocycles. The van der Waals surface area contributed by atoms with Gasteiger partial charge >= 0.3 is 0 Å². The number of nitrogens with zero attached hydrogens (tertiary/aromatic N) is 2. The number of quaternary nitrogens is 2. The highest BCUT2D eigenvalue weighted by Gasteiger charge is 2.15. The van der Waals surface area contributed by atoms with Gasteiger partial charge in [0.15, 0.2) is 0 Å². The molecule has 0 bridgehead atoms. The fourth-order valence-electron chi connectivity index (χ4n) is 4.64. The summed E-state index contributed by atoms with van der Waals surface area (Å²) >= 11 is 0. The monoisotopic (exact) mass is 628 g/mol. The molecule has 6 nitrogen and oxygen atoms in total. The molecule has 2 rings (SSSR count). The highest BCUT2D eigenvalue weighted by molar-refractivity contribution is 7.80. The van der Waals surface area contributed by atoms with Crippen molar-refractivity contribution in [2.24, 2.45) is 0 Å². The Kier molecular flexibility index (Phi) is 24.3. The molecule has 0 heterocycles. The Bertz CT molecular complexity index is 1050. The maximum atomic E-state index is 9.45. The van der Waals surface area contributed by atoms with E-state index < -0.39 is 10.4 Å². The van der Waals surface area contributed by atoms with Crippen LogP contribution in [0.15, 0.2) is 55.1 Å². The van der Waals surface area contributed by atoms with Gasteiger partial charge in [0.1, 0.15) is 6.54 Å². The lowest BCUT2D eigenvalue weighted by molar-refractivity contribution is -0.897. The van der Waals surface area contributed by atoms with Gasteiger partial charge in [0.05, 0.1) is 54.4 Å². The maximum Gasteiger partial charge on any atom is 0.217 e. The lowest BCUT2D eigenvalue weighted by Crippen LogP contribution is -3.00. The first-order valence-corrected chi connectivity index (χ1v) is 17.0. The van der Waals surface area contributed by atoms with Crippen LogP contribution >= 0.6 is 0 Å². The molecule has 42 heavy (non-hydrogen) atoms. The summed E-state index contributed by atoms with van der Waals surface area (Å²) in [6.07, 6.45) is 16.4. The molecule has 0 unspecified atom stereocenters. The van der Waals surface area contributed by atoms with Crippen LogP contribution in [-0.4, -0.2) is 76.4 Å². The second-order valence-corrected chi connectivity index (χ2v) is 13.2. The topological polar surface area (TPSA) is 66.4 Å². The average molecular weight is 629 g/mol. The Balaban J connectivity index is 0. The van der Waals surface area contributed by atoms with Crippen LogP contribution in [0.3, 0.4) is 0 Å². The van der Waals surface area contributed by atoms with Gasteiger partial charge in [-0.05, 0) is 43.5 Å². The minimum atomic E-state index is -4.42. The second-order valence-electron chi connectivity index (χ2n) is 12.2. The number of unbranched alkanes of at least 4 members (excludes halogenated alkanes) is 9. The van der Waals surface area contributed by atoms with Crippen molar-refractivity contribution in [3.05, 3.63) is 60.7 Å². The fourth-order valence-corrected chi connectivity index (χ4v) is 4.92. The second kappa shape index (κ2) is 23.9. The summed E-state index contributed by atoms with van der Waals surface area (Å²) in [5.41, 5.74) is 1.41. The fraction of sp³-hybridized carbons (Fsp3) is 0.647.